The first-order valence-corrected chi connectivity index (χ1v) is 7.59. The maximum atomic E-state index is 12.7. The van der Waals surface area contributed by atoms with Gasteiger partial charge in [0.25, 0.3) is 0 Å². The van der Waals surface area contributed by atoms with E-state index in [9.17, 15) is 4.79 Å². The van der Waals surface area contributed by atoms with Crippen LogP contribution in [0.4, 0.5) is 0 Å². The molecule has 1 unspecified atom stereocenters. The number of benzene rings is 1. The molecular weight excluding hydrogens is 248 g/mol. The molecule has 0 spiro atoms. The first kappa shape index (κ1) is 15.0. The van der Waals surface area contributed by atoms with Crippen LogP contribution in [0.3, 0.4) is 0 Å². The van der Waals surface area contributed by atoms with Crippen molar-refractivity contribution >= 4 is 5.91 Å². The molecule has 1 amide bonds. The van der Waals surface area contributed by atoms with Gasteiger partial charge in [-0.3, -0.25) is 4.79 Å². The minimum atomic E-state index is -0.735. The molecule has 0 aliphatic heterocycles. The van der Waals surface area contributed by atoms with Crippen LogP contribution < -0.4 is 5.73 Å². The smallest absolute Gasteiger partial charge is 0.242 e. The van der Waals surface area contributed by atoms with Crippen LogP contribution in [0.15, 0.2) is 24.3 Å². The van der Waals surface area contributed by atoms with Gasteiger partial charge in [0.15, 0.2) is 0 Å². The number of aryl methyl sites for hydroxylation is 1. The summed E-state index contributed by atoms with van der Waals surface area (Å²) in [6.45, 7) is 6.70. The van der Waals surface area contributed by atoms with Crippen LogP contribution in [-0.2, 0) is 11.3 Å². The molecule has 1 aromatic rings. The third kappa shape index (κ3) is 3.60. The van der Waals surface area contributed by atoms with Crippen molar-refractivity contribution in [2.45, 2.75) is 64.6 Å². The van der Waals surface area contributed by atoms with E-state index in [0.29, 0.717) is 12.6 Å². The first-order valence-electron chi connectivity index (χ1n) is 7.59. The second-order valence-corrected chi connectivity index (χ2v) is 6.32. The molecule has 2 rings (SSSR count). The molecular formula is C17H26N2O. The van der Waals surface area contributed by atoms with Crippen LogP contribution in [0.1, 0.15) is 50.7 Å². The maximum absolute atomic E-state index is 12.7. The molecule has 0 aromatic heterocycles. The van der Waals surface area contributed by atoms with E-state index in [4.69, 9.17) is 5.73 Å². The van der Waals surface area contributed by atoms with Crippen LogP contribution in [0, 0.1) is 6.92 Å². The largest absolute Gasteiger partial charge is 0.334 e. The molecule has 1 aliphatic carbocycles. The Morgan fingerprint density at radius 2 is 2.15 bits per heavy atom. The van der Waals surface area contributed by atoms with Crippen molar-refractivity contribution < 1.29 is 4.79 Å². The fraction of sp³-hybridized carbons (Fsp3) is 0.588. The third-order valence-corrected chi connectivity index (χ3v) is 3.94. The number of carbonyl (C=O) groups is 1. The van der Waals surface area contributed by atoms with Gasteiger partial charge in [0.2, 0.25) is 5.91 Å². The molecule has 0 bridgehead atoms. The molecule has 1 atom stereocenters. The van der Waals surface area contributed by atoms with Gasteiger partial charge in [-0.05, 0) is 38.7 Å². The summed E-state index contributed by atoms with van der Waals surface area (Å²) in [5.41, 5.74) is 7.92. The van der Waals surface area contributed by atoms with Crippen molar-refractivity contribution in [2.75, 3.05) is 0 Å². The second-order valence-electron chi connectivity index (χ2n) is 6.32. The predicted octanol–water partition coefficient (Wildman–Crippen LogP) is 3.00. The first-order chi connectivity index (χ1) is 9.44. The van der Waals surface area contributed by atoms with Gasteiger partial charge in [-0.25, -0.2) is 0 Å². The van der Waals surface area contributed by atoms with E-state index in [1.165, 1.54) is 11.1 Å². The number of nitrogens with zero attached hydrogens (tertiary/aromatic N) is 1. The molecule has 1 fully saturated rings. The van der Waals surface area contributed by atoms with Gasteiger partial charge in [0, 0.05) is 12.6 Å². The van der Waals surface area contributed by atoms with Gasteiger partial charge in [0.05, 0.1) is 5.54 Å². The molecule has 1 aromatic carbocycles. The Labute approximate surface area is 122 Å². The van der Waals surface area contributed by atoms with E-state index >= 15 is 0 Å². The number of nitrogens with two attached hydrogens (primary N) is 1. The van der Waals surface area contributed by atoms with Crippen molar-refractivity contribution in [3.63, 3.8) is 0 Å². The van der Waals surface area contributed by atoms with Gasteiger partial charge < -0.3 is 10.6 Å². The molecule has 3 heteroatoms. The summed E-state index contributed by atoms with van der Waals surface area (Å²) in [5.74, 6) is 0.100. The summed E-state index contributed by atoms with van der Waals surface area (Å²) in [5, 5.41) is 0. The van der Waals surface area contributed by atoms with E-state index in [0.717, 1.165) is 25.7 Å². The van der Waals surface area contributed by atoms with Crippen molar-refractivity contribution in [1.29, 1.82) is 0 Å². The van der Waals surface area contributed by atoms with Crippen LogP contribution in [0.5, 0.6) is 0 Å². The zero-order valence-corrected chi connectivity index (χ0v) is 12.9. The van der Waals surface area contributed by atoms with Crippen molar-refractivity contribution in [1.82, 2.24) is 4.90 Å². The zero-order chi connectivity index (χ0) is 14.8. The Hall–Kier alpha value is -1.35. The Morgan fingerprint density at radius 3 is 2.70 bits per heavy atom. The topological polar surface area (TPSA) is 46.3 Å². The second kappa shape index (κ2) is 5.96. The van der Waals surface area contributed by atoms with Gasteiger partial charge in [-0.2, -0.15) is 0 Å². The van der Waals surface area contributed by atoms with Gasteiger partial charge in [-0.15, -0.1) is 0 Å². The Kier molecular flexibility index (Phi) is 4.48. The zero-order valence-electron chi connectivity index (χ0n) is 12.9. The monoisotopic (exact) mass is 274 g/mol. The van der Waals surface area contributed by atoms with Crippen molar-refractivity contribution in [3.05, 3.63) is 35.4 Å². The average molecular weight is 274 g/mol. The fourth-order valence-corrected chi connectivity index (χ4v) is 2.71. The summed E-state index contributed by atoms with van der Waals surface area (Å²) in [7, 11) is 0. The summed E-state index contributed by atoms with van der Waals surface area (Å²) < 4.78 is 0. The normalized spacial score (nSPS) is 17.6. The summed E-state index contributed by atoms with van der Waals surface area (Å²) in [6, 6.07) is 8.76. The lowest BCUT2D eigenvalue weighted by atomic mass is 9.95. The molecule has 1 saturated carbocycles. The minimum Gasteiger partial charge on any atom is -0.334 e. The lowest BCUT2D eigenvalue weighted by molar-refractivity contribution is -0.138. The molecule has 0 heterocycles. The van der Waals surface area contributed by atoms with E-state index in [1.54, 1.807) is 0 Å². The molecule has 0 saturated heterocycles. The summed E-state index contributed by atoms with van der Waals surface area (Å²) in [4.78, 5) is 14.7. The molecule has 110 valence electrons. The van der Waals surface area contributed by atoms with Crippen LogP contribution >= 0.6 is 0 Å². The maximum Gasteiger partial charge on any atom is 0.242 e. The summed E-state index contributed by atoms with van der Waals surface area (Å²) >= 11 is 0. The molecule has 2 N–H and O–H groups in total. The highest BCUT2D eigenvalue weighted by Gasteiger charge is 2.39. The number of hydrogen-bond donors (Lipinski definition) is 1. The lowest BCUT2D eigenvalue weighted by Crippen LogP contribution is -2.53. The summed E-state index contributed by atoms with van der Waals surface area (Å²) in [6.07, 6.45) is 3.89. The Bertz CT molecular complexity index is 478. The third-order valence-electron chi connectivity index (χ3n) is 3.94. The SMILES string of the molecule is CCCC(C)(N)C(=O)N(Cc1cccc(C)c1)C1CC1. The minimum absolute atomic E-state index is 0.100. The number of amides is 1. The number of rotatable bonds is 6. The quantitative estimate of drug-likeness (QED) is 0.866. The standard InChI is InChI=1S/C17H26N2O/c1-4-10-17(3,18)16(20)19(15-8-9-15)12-14-7-5-6-13(2)11-14/h5-7,11,15H,4,8-10,12,18H2,1-3H3. The highest BCUT2D eigenvalue weighted by molar-refractivity contribution is 5.86. The highest BCUT2D eigenvalue weighted by Crippen LogP contribution is 2.31. The van der Waals surface area contributed by atoms with Crippen molar-refractivity contribution in [2.24, 2.45) is 5.73 Å². The molecule has 1 aliphatic rings. The van der Waals surface area contributed by atoms with Gasteiger partial charge >= 0.3 is 0 Å². The van der Waals surface area contributed by atoms with Crippen LogP contribution in [0.25, 0.3) is 0 Å². The molecule has 3 nitrogen and oxygen atoms in total. The van der Waals surface area contributed by atoms with Crippen LogP contribution in [0.2, 0.25) is 0 Å². The van der Waals surface area contributed by atoms with Gasteiger partial charge in [0.1, 0.15) is 0 Å². The highest BCUT2D eigenvalue weighted by atomic mass is 16.2. The van der Waals surface area contributed by atoms with E-state index in [2.05, 4.69) is 32.0 Å². The predicted molar refractivity (Wildman–Crippen MR) is 82.3 cm³/mol. The van der Waals surface area contributed by atoms with E-state index in [1.807, 2.05) is 17.9 Å². The Morgan fingerprint density at radius 1 is 1.45 bits per heavy atom. The fourth-order valence-electron chi connectivity index (χ4n) is 2.71. The Balaban J connectivity index is 2.13. The van der Waals surface area contributed by atoms with E-state index in [-0.39, 0.29) is 5.91 Å². The number of carbonyl (C=O) groups excluding carboxylic acids is 1. The molecule has 0 radical (unpaired) electrons. The van der Waals surface area contributed by atoms with Crippen LogP contribution in [-0.4, -0.2) is 22.4 Å². The lowest BCUT2D eigenvalue weighted by Gasteiger charge is -2.32. The van der Waals surface area contributed by atoms with Gasteiger partial charge in [-0.1, -0.05) is 43.2 Å². The van der Waals surface area contributed by atoms with Crippen molar-refractivity contribution in [3.8, 4) is 0 Å². The average Bonchev–Trinajstić information content (AvgIpc) is 3.19. The molecule has 20 heavy (non-hydrogen) atoms. The number of hydrogen-bond acceptors (Lipinski definition) is 2. The van der Waals surface area contributed by atoms with E-state index < -0.39 is 5.54 Å².